The molecule has 0 aromatic heterocycles. The Hall–Kier alpha value is -5.02. The minimum absolute atomic E-state index is 0.803. The highest BCUT2D eigenvalue weighted by molar-refractivity contribution is 5.87. The molecule has 0 heterocycles. The third-order valence-corrected chi connectivity index (χ3v) is 7.69. The first-order valence-corrected chi connectivity index (χ1v) is 15.2. The van der Waals surface area contributed by atoms with Gasteiger partial charge in [-0.2, -0.15) is 0 Å². The fourth-order valence-electron chi connectivity index (χ4n) is 5.56. The van der Waals surface area contributed by atoms with Gasteiger partial charge in [-0.3, -0.25) is 0 Å². The molecule has 0 spiro atoms. The molecule has 0 aliphatic heterocycles. The summed E-state index contributed by atoms with van der Waals surface area (Å²) in [5.41, 5.74) is 12.5. The summed E-state index contributed by atoms with van der Waals surface area (Å²) in [6, 6.07) is 36.8. The van der Waals surface area contributed by atoms with Crippen LogP contribution in [0.1, 0.15) is 46.7 Å². The van der Waals surface area contributed by atoms with Gasteiger partial charge in [-0.05, 0) is 92.4 Å². The topological polar surface area (TPSA) is 21.7 Å². The lowest BCUT2D eigenvalue weighted by Crippen LogP contribution is -2.10. The number of allylic oxidation sites excluding steroid dienone is 1. The molecule has 0 atom stereocenters. The maximum atomic E-state index is 5.81. The molecule has 44 heavy (non-hydrogen) atoms. The number of ether oxygens (including phenoxy) is 2. The quantitative estimate of drug-likeness (QED) is 0.154. The summed E-state index contributed by atoms with van der Waals surface area (Å²) in [5.74, 6) is 1.62. The highest BCUT2D eigenvalue weighted by Crippen LogP contribution is 2.39. The van der Waals surface area contributed by atoms with Gasteiger partial charge < -0.3 is 14.4 Å². The summed E-state index contributed by atoms with van der Waals surface area (Å²) in [6.45, 7) is 8.56. The Kier molecular flexibility index (Phi) is 9.66. The number of hydrogen-bond acceptors (Lipinski definition) is 3. The molecule has 3 nitrogen and oxygen atoms in total. The first-order valence-electron chi connectivity index (χ1n) is 15.2. The summed E-state index contributed by atoms with van der Waals surface area (Å²) < 4.78 is 11.6. The van der Waals surface area contributed by atoms with E-state index in [1.54, 1.807) is 14.2 Å². The molecule has 5 aromatic rings. The Morgan fingerprint density at radius 2 is 1.11 bits per heavy atom. The van der Waals surface area contributed by atoms with Gasteiger partial charge in [0.1, 0.15) is 11.5 Å². The number of aryl methyl sites for hydroxylation is 3. The van der Waals surface area contributed by atoms with E-state index in [1.807, 2.05) is 12.1 Å². The molecule has 0 amide bonds. The zero-order valence-corrected chi connectivity index (χ0v) is 26.6. The number of para-hydroxylation sites is 1. The van der Waals surface area contributed by atoms with Gasteiger partial charge in [0.2, 0.25) is 0 Å². The summed E-state index contributed by atoms with van der Waals surface area (Å²) in [6.07, 6.45) is 9.45. The molecule has 0 bridgehead atoms. The SMILES string of the molecule is CC/C=C\c1cc(OC)c(/C=C\c2ccc(N(c3ccccc3)c3ccc(C)cc3)cc2-c2cc(C)cc(C)c2)cc1OC. The number of methoxy groups -OCH3 is 2. The molecule has 0 saturated heterocycles. The van der Waals surface area contributed by atoms with E-state index in [9.17, 15) is 0 Å². The molecule has 0 saturated carbocycles. The molecule has 5 aromatic carbocycles. The lowest BCUT2D eigenvalue weighted by Gasteiger charge is -2.26. The largest absolute Gasteiger partial charge is 0.496 e. The van der Waals surface area contributed by atoms with Crippen LogP contribution in [0, 0.1) is 20.8 Å². The monoisotopic (exact) mass is 579 g/mol. The Morgan fingerprint density at radius 3 is 1.73 bits per heavy atom. The molecule has 0 fully saturated rings. The standard InChI is InChI=1S/C41H41NO2/c1-7-8-12-33-26-41(44-6)34(27-40(33)43-5)18-17-32-19-22-38(28-39(32)35-24-30(3)23-31(4)25-35)42(36-13-10-9-11-14-36)37-20-15-29(2)16-21-37/h8-28H,7H2,1-6H3/b12-8-,18-17-. The van der Waals surface area contributed by atoms with Crippen molar-refractivity contribution in [2.75, 3.05) is 19.1 Å². The van der Waals surface area contributed by atoms with Gasteiger partial charge >= 0.3 is 0 Å². The van der Waals surface area contributed by atoms with Crippen molar-refractivity contribution in [1.82, 2.24) is 0 Å². The predicted molar refractivity (Wildman–Crippen MR) is 189 cm³/mol. The molecule has 5 rings (SSSR count). The molecule has 0 unspecified atom stereocenters. The minimum Gasteiger partial charge on any atom is -0.496 e. The van der Waals surface area contributed by atoms with Crippen molar-refractivity contribution in [2.45, 2.75) is 34.1 Å². The van der Waals surface area contributed by atoms with Crippen LogP contribution in [0.3, 0.4) is 0 Å². The van der Waals surface area contributed by atoms with E-state index in [0.29, 0.717) is 0 Å². The lowest BCUT2D eigenvalue weighted by molar-refractivity contribution is 0.401. The molecule has 3 heteroatoms. The predicted octanol–water partition coefficient (Wildman–Crippen LogP) is 11.4. The Morgan fingerprint density at radius 1 is 0.545 bits per heavy atom. The molecule has 0 aliphatic carbocycles. The van der Waals surface area contributed by atoms with Crippen molar-refractivity contribution in [3.05, 3.63) is 143 Å². The van der Waals surface area contributed by atoms with Crippen LogP contribution in [0.2, 0.25) is 0 Å². The fraction of sp³-hybridized carbons (Fsp3) is 0.171. The highest BCUT2D eigenvalue weighted by atomic mass is 16.5. The molecule has 0 aliphatic rings. The fourth-order valence-corrected chi connectivity index (χ4v) is 5.56. The van der Waals surface area contributed by atoms with Crippen molar-refractivity contribution < 1.29 is 9.47 Å². The van der Waals surface area contributed by atoms with Gasteiger partial charge in [-0.1, -0.05) is 103 Å². The molecular formula is C41H41NO2. The van der Waals surface area contributed by atoms with E-state index >= 15 is 0 Å². The van der Waals surface area contributed by atoms with Crippen molar-refractivity contribution in [2.24, 2.45) is 0 Å². The number of nitrogens with zero attached hydrogens (tertiary/aromatic N) is 1. The van der Waals surface area contributed by atoms with Gasteiger partial charge in [0, 0.05) is 28.2 Å². The van der Waals surface area contributed by atoms with Crippen LogP contribution in [0.5, 0.6) is 11.5 Å². The first-order chi connectivity index (χ1) is 21.4. The van der Waals surface area contributed by atoms with Crippen molar-refractivity contribution >= 4 is 35.3 Å². The van der Waals surface area contributed by atoms with Crippen LogP contribution in [0.15, 0.2) is 109 Å². The van der Waals surface area contributed by atoms with Crippen molar-refractivity contribution in [3.63, 3.8) is 0 Å². The van der Waals surface area contributed by atoms with Gasteiger partial charge in [-0.25, -0.2) is 0 Å². The van der Waals surface area contributed by atoms with E-state index in [1.165, 1.54) is 22.3 Å². The van der Waals surface area contributed by atoms with Crippen LogP contribution in [0.4, 0.5) is 17.1 Å². The third kappa shape index (κ3) is 6.95. The van der Waals surface area contributed by atoms with Gasteiger partial charge in [0.25, 0.3) is 0 Å². The molecular weight excluding hydrogens is 538 g/mol. The summed E-state index contributed by atoms with van der Waals surface area (Å²) in [7, 11) is 3.42. The van der Waals surface area contributed by atoms with E-state index in [0.717, 1.165) is 57.2 Å². The third-order valence-electron chi connectivity index (χ3n) is 7.69. The Bertz CT molecular complexity index is 1760. The van der Waals surface area contributed by atoms with Crippen LogP contribution in [0.25, 0.3) is 29.4 Å². The Labute approximate surface area is 262 Å². The van der Waals surface area contributed by atoms with Crippen LogP contribution >= 0.6 is 0 Å². The zero-order chi connectivity index (χ0) is 31.1. The average Bonchev–Trinajstić information content (AvgIpc) is 3.04. The van der Waals surface area contributed by atoms with Crippen molar-refractivity contribution in [3.8, 4) is 22.6 Å². The maximum Gasteiger partial charge on any atom is 0.126 e. The first kappa shape index (κ1) is 30.4. The smallest absolute Gasteiger partial charge is 0.126 e. The van der Waals surface area contributed by atoms with Crippen molar-refractivity contribution in [1.29, 1.82) is 0 Å². The lowest BCUT2D eigenvalue weighted by atomic mass is 9.94. The molecule has 0 N–H and O–H groups in total. The number of benzene rings is 5. The average molecular weight is 580 g/mol. The second kappa shape index (κ2) is 14.0. The van der Waals surface area contributed by atoms with Crippen LogP contribution in [-0.2, 0) is 0 Å². The summed E-state index contributed by atoms with van der Waals surface area (Å²) >= 11 is 0. The maximum absolute atomic E-state index is 5.81. The summed E-state index contributed by atoms with van der Waals surface area (Å²) in [5, 5.41) is 0. The normalized spacial score (nSPS) is 11.3. The van der Waals surface area contributed by atoms with E-state index < -0.39 is 0 Å². The van der Waals surface area contributed by atoms with Crippen LogP contribution < -0.4 is 14.4 Å². The number of rotatable bonds is 10. The highest BCUT2D eigenvalue weighted by Gasteiger charge is 2.16. The van der Waals surface area contributed by atoms with E-state index in [-0.39, 0.29) is 0 Å². The van der Waals surface area contributed by atoms with Crippen LogP contribution in [-0.4, -0.2) is 14.2 Å². The molecule has 222 valence electrons. The van der Waals surface area contributed by atoms with E-state index in [2.05, 4.69) is 148 Å². The number of anilines is 3. The van der Waals surface area contributed by atoms with Gasteiger partial charge in [-0.15, -0.1) is 0 Å². The van der Waals surface area contributed by atoms with Gasteiger partial charge in [0.05, 0.1) is 14.2 Å². The Balaban J connectivity index is 1.66. The summed E-state index contributed by atoms with van der Waals surface area (Å²) in [4.78, 5) is 2.32. The second-order valence-electron chi connectivity index (χ2n) is 11.1. The minimum atomic E-state index is 0.803. The molecule has 0 radical (unpaired) electrons. The number of hydrogen-bond donors (Lipinski definition) is 0. The van der Waals surface area contributed by atoms with E-state index in [4.69, 9.17) is 9.47 Å². The zero-order valence-electron chi connectivity index (χ0n) is 26.6. The van der Waals surface area contributed by atoms with Gasteiger partial charge in [0.15, 0.2) is 0 Å². The second-order valence-corrected chi connectivity index (χ2v) is 11.1.